The number of carbonyl (C=O) groups is 1. The van der Waals surface area contributed by atoms with Gasteiger partial charge >= 0.3 is 0 Å². The molecule has 0 aromatic carbocycles. The number of nitrogens with zero attached hydrogens (tertiary/aromatic N) is 2. The van der Waals surface area contributed by atoms with E-state index in [4.69, 9.17) is 0 Å². The summed E-state index contributed by atoms with van der Waals surface area (Å²) in [6.45, 7) is 5.91. The van der Waals surface area contributed by atoms with E-state index < -0.39 is 0 Å². The first kappa shape index (κ1) is 13.6. The van der Waals surface area contributed by atoms with Crippen LogP contribution in [0.2, 0.25) is 0 Å². The molecule has 1 aliphatic heterocycles. The van der Waals surface area contributed by atoms with Gasteiger partial charge in [-0.2, -0.15) is 0 Å². The number of aromatic amines is 1. The summed E-state index contributed by atoms with van der Waals surface area (Å²) in [5.41, 5.74) is 0.629. The van der Waals surface area contributed by atoms with Crippen molar-refractivity contribution < 1.29 is 4.79 Å². The Bertz CT molecular complexity index is 401. The molecule has 0 bridgehead atoms. The van der Waals surface area contributed by atoms with Crippen LogP contribution in [0.1, 0.15) is 10.5 Å². The van der Waals surface area contributed by atoms with Gasteiger partial charge in [-0.25, -0.2) is 0 Å². The SMILES string of the molecule is CN(CCN1CCNCC1)C(=O)c1cc(Br)c[nH]1. The summed E-state index contributed by atoms with van der Waals surface area (Å²) in [6.07, 6.45) is 1.78. The van der Waals surface area contributed by atoms with Crippen molar-refractivity contribution in [1.82, 2.24) is 20.1 Å². The molecule has 1 aliphatic rings. The van der Waals surface area contributed by atoms with Gasteiger partial charge in [-0.1, -0.05) is 0 Å². The third kappa shape index (κ3) is 3.57. The number of piperazine rings is 1. The summed E-state index contributed by atoms with van der Waals surface area (Å²) in [4.78, 5) is 19.2. The summed E-state index contributed by atoms with van der Waals surface area (Å²) in [6, 6.07) is 1.81. The van der Waals surface area contributed by atoms with Crippen LogP contribution < -0.4 is 5.32 Å². The second-order valence-electron chi connectivity index (χ2n) is 4.55. The fourth-order valence-electron chi connectivity index (χ4n) is 2.02. The minimum atomic E-state index is 0.0378. The molecular formula is C12H19BrN4O. The molecule has 1 saturated heterocycles. The van der Waals surface area contributed by atoms with Gasteiger partial charge in [-0.05, 0) is 22.0 Å². The topological polar surface area (TPSA) is 51.4 Å². The lowest BCUT2D eigenvalue weighted by Gasteiger charge is -2.29. The minimum absolute atomic E-state index is 0.0378. The van der Waals surface area contributed by atoms with Gasteiger partial charge < -0.3 is 15.2 Å². The smallest absolute Gasteiger partial charge is 0.270 e. The van der Waals surface area contributed by atoms with Gasteiger partial charge in [0.05, 0.1) is 0 Å². The van der Waals surface area contributed by atoms with Crippen molar-refractivity contribution >= 4 is 21.8 Å². The van der Waals surface area contributed by atoms with Crippen LogP contribution >= 0.6 is 15.9 Å². The zero-order valence-corrected chi connectivity index (χ0v) is 12.2. The summed E-state index contributed by atoms with van der Waals surface area (Å²) in [7, 11) is 1.85. The number of rotatable bonds is 4. The van der Waals surface area contributed by atoms with Gasteiger partial charge in [0.25, 0.3) is 5.91 Å². The molecule has 1 fully saturated rings. The maximum atomic E-state index is 12.1. The van der Waals surface area contributed by atoms with E-state index in [0.29, 0.717) is 5.69 Å². The number of amides is 1. The fraction of sp³-hybridized carbons (Fsp3) is 0.583. The van der Waals surface area contributed by atoms with Crippen molar-refractivity contribution in [2.24, 2.45) is 0 Å². The molecule has 1 amide bonds. The highest BCUT2D eigenvalue weighted by molar-refractivity contribution is 9.10. The van der Waals surface area contributed by atoms with Crippen LogP contribution in [0.4, 0.5) is 0 Å². The number of hydrogen-bond acceptors (Lipinski definition) is 3. The molecule has 0 radical (unpaired) electrons. The molecule has 5 nitrogen and oxygen atoms in total. The van der Waals surface area contributed by atoms with Crippen LogP contribution in [-0.2, 0) is 0 Å². The zero-order chi connectivity index (χ0) is 13.0. The molecule has 100 valence electrons. The molecule has 6 heteroatoms. The summed E-state index contributed by atoms with van der Waals surface area (Å²) >= 11 is 3.33. The van der Waals surface area contributed by atoms with Crippen molar-refractivity contribution in [2.45, 2.75) is 0 Å². The van der Waals surface area contributed by atoms with Gasteiger partial charge in [0.1, 0.15) is 5.69 Å². The van der Waals surface area contributed by atoms with Crippen LogP contribution in [0.3, 0.4) is 0 Å². The van der Waals surface area contributed by atoms with E-state index in [1.165, 1.54) is 0 Å². The van der Waals surface area contributed by atoms with Crippen LogP contribution in [0.5, 0.6) is 0 Å². The predicted molar refractivity (Wildman–Crippen MR) is 74.8 cm³/mol. The highest BCUT2D eigenvalue weighted by atomic mass is 79.9. The van der Waals surface area contributed by atoms with E-state index >= 15 is 0 Å². The molecule has 2 N–H and O–H groups in total. The molecule has 0 saturated carbocycles. The third-order valence-corrected chi connectivity index (χ3v) is 3.64. The lowest BCUT2D eigenvalue weighted by atomic mass is 10.3. The quantitative estimate of drug-likeness (QED) is 0.862. The Balaban J connectivity index is 1.80. The molecular weight excluding hydrogens is 296 g/mol. The number of H-pyrrole nitrogens is 1. The monoisotopic (exact) mass is 314 g/mol. The van der Waals surface area contributed by atoms with Crippen molar-refractivity contribution in [3.8, 4) is 0 Å². The van der Waals surface area contributed by atoms with Crippen molar-refractivity contribution in [3.05, 3.63) is 22.4 Å². The molecule has 2 rings (SSSR count). The Morgan fingerprint density at radius 1 is 1.50 bits per heavy atom. The van der Waals surface area contributed by atoms with Crippen molar-refractivity contribution in [3.63, 3.8) is 0 Å². The molecule has 0 aliphatic carbocycles. The van der Waals surface area contributed by atoms with E-state index in [-0.39, 0.29) is 5.91 Å². The van der Waals surface area contributed by atoms with Crippen LogP contribution in [0.25, 0.3) is 0 Å². The molecule has 0 spiro atoms. The summed E-state index contributed by atoms with van der Waals surface area (Å²) < 4.78 is 0.904. The van der Waals surface area contributed by atoms with Crippen LogP contribution in [0.15, 0.2) is 16.7 Å². The Labute approximate surface area is 116 Å². The van der Waals surface area contributed by atoms with Crippen molar-refractivity contribution in [1.29, 1.82) is 0 Å². The summed E-state index contributed by atoms with van der Waals surface area (Å²) in [5.74, 6) is 0.0378. The van der Waals surface area contributed by atoms with Crippen LogP contribution in [-0.4, -0.2) is 67.0 Å². The number of likely N-dealkylation sites (N-methyl/N-ethyl adjacent to an activating group) is 1. The first-order valence-electron chi connectivity index (χ1n) is 6.19. The number of nitrogens with one attached hydrogen (secondary N) is 2. The number of halogens is 1. The first-order valence-corrected chi connectivity index (χ1v) is 6.98. The Kier molecular flexibility index (Phi) is 4.79. The zero-order valence-electron chi connectivity index (χ0n) is 10.6. The number of hydrogen-bond donors (Lipinski definition) is 2. The van der Waals surface area contributed by atoms with Gasteiger partial charge in [0, 0.05) is 57.0 Å². The number of aromatic nitrogens is 1. The molecule has 0 unspecified atom stereocenters. The number of carbonyl (C=O) groups excluding carboxylic acids is 1. The predicted octanol–water partition coefficient (Wildman–Crippen LogP) is 0.754. The van der Waals surface area contributed by atoms with E-state index in [0.717, 1.165) is 43.7 Å². The van der Waals surface area contributed by atoms with E-state index in [2.05, 4.69) is 31.1 Å². The maximum Gasteiger partial charge on any atom is 0.270 e. The normalized spacial score (nSPS) is 16.8. The molecule has 0 atom stereocenters. The lowest BCUT2D eigenvalue weighted by molar-refractivity contribution is 0.0770. The second kappa shape index (κ2) is 6.36. The Hall–Kier alpha value is -0.850. The first-order chi connectivity index (χ1) is 8.66. The Morgan fingerprint density at radius 3 is 2.83 bits per heavy atom. The van der Waals surface area contributed by atoms with Gasteiger partial charge in [0.15, 0.2) is 0 Å². The highest BCUT2D eigenvalue weighted by Gasteiger charge is 2.15. The average molecular weight is 315 g/mol. The largest absolute Gasteiger partial charge is 0.356 e. The van der Waals surface area contributed by atoms with Crippen molar-refractivity contribution in [2.75, 3.05) is 46.3 Å². The lowest BCUT2D eigenvalue weighted by Crippen LogP contribution is -2.46. The standard InChI is InChI=1S/C12H19BrN4O/c1-16(6-7-17-4-2-14-3-5-17)12(18)11-8-10(13)9-15-11/h8-9,14-15H,2-7H2,1H3. The third-order valence-electron chi connectivity index (χ3n) is 3.19. The maximum absolute atomic E-state index is 12.1. The molecule has 18 heavy (non-hydrogen) atoms. The van der Waals surface area contributed by atoms with E-state index in [1.54, 1.807) is 11.1 Å². The van der Waals surface area contributed by atoms with E-state index in [1.807, 2.05) is 13.1 Å². The molecule has 1 aromatic rings. The molecule has 1 aromatic heterocycles. The summed E-state index contributed by atoms with van der Waals surface area (Å²) in [5, 5.41) is 3.32. The average Bonchev–Trinajstić information content (AvgIpc) is 2.83. The fourth-order valence-corrected chi connectivity index (χ4v) is 2.37. The van der Waals surface area contributed by atoms with Crippen LogP contribution in [0, 0.1) is 0 Å². The minimum Gasteiger partial charge on any atom is -0.356 e. The Morgan fingerprint density at radius 2 is 2.22 bits per heavy atom. The van der Waals surface area contributed by atoms with Gasteiger partial charge in [-0.15, -0.1) is 0 Å². The second-order valence-corrected chi connectivity index (χ2v) is 5.47. The highest BCUT2D eigenvalue weighted by Crippen LogP contribution is 2.11. The van der Waals surface area contributed by atoms with E-state index in [9.17, 15) is 4.79 Å². The van der Waals surface area contributed by atoms with Gasteiger partial charge in [0.2, 0.25) is 0 Å². The molecule has 2 heterocycles. The van der Waals surface area contributed by atoms with Gasteiger partial charge in [-0.3, -0.25) is 9.69 Å².